The Balaban J connectivity index is 1.94. The van der Waals surface area contributed by atoms with Gasteiger partial charge in [-0.15, -0.1) is 0 Å². The molecule has 0 spiro atoms. The van der Waals surface area contributed by atoms with Gasteiger partial charge in [0.15, 0.2) is 10.3 Å². The van der Waals surface area contributed by atoms with E-state index >= 15 is 0 Å². The molecular formula is C16H10Cl4N4O3S. The molecule has 3 aromatic rings. The van der Waals surface area contributed by atoms with Gasteiger partial charge in [-0.1, -0.05) is 58.5 Å². The zero-order valence-electron chi connectivity index (χ0n) is 13.7. The van der Waals surface area contributed by atoms with Gasteiger partial charge in [0.25, 0.3) is 15.9 Å². The lowest BCUT2D eigenvalue weighted by Crippen LogP contribution is -2.16. The molecule has 28 heavy (non-hydrogen) atoms. The van der Waals surface area contributed by atoms with Crippen molar-refractivity contribution < 1.29 is 13.2 Å². The highest BCUT2D eigenvalue weighted by molar-refractivity contribution is 7.92. The maximum Gasteiger partial charge on any atom is 0.264 e. The molecule has 1 N–H and O–H groups in total. The summed E-state index contributed by atoms with van der Waals surface area (Å²) in [7, 11) is -4.16. The van der Waals surface area contributed by atoms with Crippen LogP contribution in [-0.2, 0) is 16.6 Å². The summed E-state index contributed by atoms with van der Waals surface area (Å²) in [6.45, 7) is 0.0487. The van der Waals surface area contributed by atoms with Crippen LogP contribution >= 0.6 is 46.4 Å². The highest BCUT2D eigenvalue weighted by Gasteiger charge is 2.24. The van der Waals surface area contributed by atoms with Gasteiger partial charge in [-0.25, -0.2) is 13.4 Å². The monoisotopic (exact) mass is 478 g/mol. The van der Waals surface area contributed by atoms with Crippen LogP contribution in [0.1, 0.15) is 5.56 Å². The van der Waals surface area contributed by atoms with E-state index in [2.05, 4.69) is 19.7 Å². The molecule has 0 radical (unpaired) electrons. The Hall–Kier alpha value is -1.84. The van der Waals surface area contributed by atoms with Gasteiger partial charge in [0.05, 0.1) is 10.0 Å². The molecule has 0 bridgehead atoms. The number of benzene rings is 1. The second-order valence-corrected chi connectivity index (χ2v) is 8.42. The van der Waals surface area contributed by atoms with E-state index in [1.54, 1.807) is 24.5 Å². The van der Waals surface area contributed by atoms with E-state index in [-0.39, 0.29) is 43.6 Å². The second-order valence-electron chi connectivity index (χ2n) is 5.27. The van der Waals surface area contributed by atoms with Crippen molar-refractivity contribution in [2.75, 3.05) is 4.72 Å². The van der Waals surface area contributed by atoms with E-state index in [0.717, 1.165) is 5.56 Å². The molecule has 2 aromatic heterocycles. The third-order valence-corrected chi connectivity index (χ3v) is 6.25. The predicted molar refractivity (Wildman–Crippen MR) is 108 cm³/mol. The summed E-state index contributed by atoms with van der Waals surface area (Å²) >= 11 is 23.7. The fraction of sp³-hybridized carbons (Fsp3) is 0.0625. The minimum absolute atomic E-state index is 0.0487. The smallest absolute Gasteiger partial charge is 0.264 e. The highest BCUT2D eigenvalue weighted by Crippen LogP contribution is 2.33. The van der Waals surface area contributed by atoms with Crippen LogP contribution in [0.4, 0.5) is 5.82 Å². The molecule has 3 rings (SSSR count). The molecule has 146 valence electrons. The van der Waals surface area contributed by atoms with Gasteiger partial charge in [-0.05, 0) is 18.2 Å². The molecule has 0 atom stereocenters. The number of halogens is 4. The van der Waals surface area contributed by atoms with Crippen molar-refractivity contribution in [3.63, 3.8) is 0 Å². The van der Waals surface area contributed by atoms with Crippen LogP contribution in [0.2, 0.25) is 20.4 Å². The molecule has 0 saturated heterocycles. The van der Waals surface area contributed by atoms with Gasteiger partial charge in [-0.2, -0.15) is 4.98 Å². The minimum atomic E-state index is -4.16. The second kappa shape index (κ2) is 8.67. The van der Waals surface area contributed by atoms with E-state index in [1.165, 1.54) is 18.2 Å². The van der Waals surface area contributed by atoms with Crippen LogP contribution in [0.3, 0.4) is 0 Å². The Bertz CT molecular complexity index is 1110. The molecule has 0 aliphatic rings. The number of ether oxygens (including phenoxy) is 1. The van der Waals surface area contributed by atoms with Gasteiger partial charge in [-0.3, -0.25) is 9.71 Å². The summed E-state index contributed by atoms with van der Waals surface area (Å²) in [6.07, 6.45) is 3.19. The number of rotatable bonds is 6. The maximum atomic E-state index is 12.7. The molecule has 0 amide bonds. The van der Waals surface area contributed by atoms with Crippen molar-refractivity contribution in [3.8, 4) is 5.88 Å². The van der Waals surface area contributed by atoms with E-state index in [1.807, 2.05) is 0 Å². The summed E-state index contributed by atoms with van der Waals surface area (Å²) < 4.78 is 33.3. The van der Waals surface area contributed by atoms with E-state index < -0.39 is 10.0 Å². The zero-order chi connectivity index (χ0) is 20.3. The van der Waals surface area contributed by atoms with Crippen molar-refractivity contribution in [1.29, 1.82) is 0 Å². The Morgan fingerprint density at radius 2 is 1.75 bits per heavy atom. The molecule has 2 heterocycles. The summed E-state index contributed by atoms with van der Waals surface area (Å²) in [5.41, 5.74) is 0.724. The van der Waals surface area contributed by atoms with Crippen LogP contribution in [0.5, 0.6) is 5.88 Å². The van der Waals surface area contributed by atoms with Crippen LogP contribution in [0.25, 0.3) is 0 Å². The lowest BCUT2D eigenvalue weighted by atomic mass is 10.3. The number of anilines is 1. The summed E-state index contributed by atoms with van der Waals surface area (Å²) in [6, 6.07) is 7.70. The molecule has 12 heteroatoms. The molecule has 0 fully saturated rings. The predicted octanol–water partition coefficient (Wildman–Crippen LogP) is 4.87. The van der Waals surface area contributed by atoms with Crippen molar-refractivity contribution >= 4 is 62.2 Å². The van der Waals surface area contributed by atoms with Crippen LogP contribution in [-0.4, -0.2) is 23.4 Å². The normalized spacial score (nSPS) is 11.3. The third kappa shape index (κ3) is 4.76. The number of sulfonamides is 1. The summed E-state index contributed by atoms with van der Waals surface area (Å²) in [4.78, 5) is 11.6. The fourth-order valence-corrected chi connectivity index (χ4v) is 4.06. The van der Waals surface area contributed by atoms with Crippen molar-refractivity contribution in [3.05, 3.63) is 68.6 Å². The number of pyridine rings is 1. The van der Waals surface area contributed by atoms with Crippen LogP contribution in [0.15, 0.2) is 47.6 Å². The lowest BCUT2D eigenvalue weighted by molar-refractivity contribution is 0.294. The van der Waals surface area contributed by atoms with E-state index in [4.69, 9.17) is 51.1 Å². The largest absolute Gasteiger partial charge is 0.470 e. The summed E-state index contributed by atoms with van der Waals surface area (Å²) in [5.74, 6) is -0.422. The number of nitrogens with zero attached hydrogens (tertiary/aromatic N) is 3. The quantitative estimate of drug-likeness (QED) is 0.542. The van der Waals surface area contributed by atoms with Crippen molar-refractivity contribution in [2.24, 2.45) is 0 Å². The first-order valence-electron chi connectivity index (χ1n) is 7.49. The Morgan fingerprint density at radius 1 is 1.00 bits per heavy atom. The zero-order valence-corrected chi connectivity index (χ0v) is 17.6. The fourth-order valence-electron chi connectivity index (χ4n) is 2.06. The number of nitrogens with one attached hydrogen (secondary N) is 1. The average molecular weight is 480 g/mol. The van der Waals surface area contributed by atoms with E-state index in [9.17, 15) is 8.42 Å². The summed E-state index contributed by atoms with van der Waals surface area (Å²) in [5, 5.41) is -0.405. The van der Waals surface area contributed by atoms with Crippen LogP contribution < -0.4 is 9.46 Å². The topological polar surface area (TPSA) is 94.1 Å². The van der Waals surface area contributed by atoms with Gasteiger partial charge in [0, 0.05) is 18.0 Å². The standard InChI is InChI=1S/C16H10Cl4N4O3S/c17-10-4-1-5-11(12(10)18)28(25,26)24-15-16(23-14(20)13(19)22-15)27-8-9-3-2-6-21-7-9/h1-7H,8H2,(H,22,24). The van der Waals surface area contributed by atoms with Crippen LogP contribution in [0, 0.1) is 0 Å². The lowest BCUT2D eigenvalue weighted by Gasteiger charge is -2.13. The van der Waals surface area contributed by atoms with Gasteiger partial charge in [0.1, 0.15) is 11.5 Å². The van der Waals surface area contributed by atoms with Crippen molar-refractivity contribution in [2.45, 2.75) is 11.5 Å². The first-order valence-corrected chi connectivity index (χ1v) is 10.5. The highest BCUT2D eigenvalue weighted by atomic mass is 35.5. The minimum Gasteiger partial charge on any atom is -0.470 e. The third-order valence-electron chi connectivity index (χ3n) is 3.32. The first-order chi connectivity index (χ1) is 13.3. The molecule has 0 unspecified atom stereocenters. The van der Waals surface area contributed by atoms with Crippen molar-refractivity contribution in [1.82, 2.24) is 15.0 Å². The molecule has 7 nitrogen and oxygen atoms in total. The number of hydrogen-bond donors (Lipinski definition) is 1. The van der Waals surface area contributed by atoms with Gasteiger partial charge in [0.2, 0.25) is 5.82 Å². The Kier molecular flexibility index (Phi) is 6.47. The molecular weight excluding hydrogens is 470 g/mol. The molecule has 0 aliphatic heterocycles. The molecule has 0 saturated carbocycles. The first kappa shape index (κ1) is 20.9. The van der Waals surface area contributed by atoms with Gasteiger partial charge >= 0.3 is 0 Å². The Labute approximate surface area is 180 Å². The molecule has 1 aromatic carbocycles. The SMILES string of the molecule is O=S(=O)(Nc1nc(Cl)c(Cl)nc1OCc1cccnc1)c1cccc(Cl)c1Cl. The Morgan fingerprint density at radius 3 is 2.46 bits per heavy atom. The number of hydrogen-bond acceptors (Lipinski definition) is 6. The number of aromatic nitrogens is 3. The average Bonchev–Trinajstić information content (AvgIpc) is 2.66. The van der Waals surface area contributed by atoms with Gasteiger partial charge < -0.3 is 4.74 Å². The maximum absolute atomic E-state index is 12.7. The molecule has 0 aliphatic carbocycles. The van der Waals surface area contributed by atoms with E-state index in [0.29, 0.717) is 0 Å².